The zero-order valence-corrected chi connectivity index (χ0v) is 19.7. The van der Waals surface area contributed by atoms with Crippen molar-refractivity contribution in [3.63, 3.8) is 0 Å². The Morgan fingerprint density at radius 3 is 2.25 bits per heavy atom. The predicted octanol–water partition coefficient (Wildman–Crippen LogP) is 4.23. The molecule has 1 amide bonds. The summed E-state index contributed by atoms with van der Waals surface area (Å²) in [6.45, 7) is 0. The molecule has 2 heterocycles. The van der Waals surface area contributed by atoms with Gasteiger partial charge in [0.2, 0.25) is 5.91 Å². The van der Waals surface area contributed by atoms with Crippen LogP contribution in [0.5, 0.6) is 0 Å². The summed E-state index contributed by atoms with van der Waals surface area (Å²) in [5, 5.41) is 11.5. The van der Waals surface area contributed by atoms with Gasteiger partial charge in [0.25, 0.3) is 5.69 Å². The lowest BCUT2D eigenvalue weighted by molar-refractivity contribution is -0.385. The third-order valence-electron chi connectivity index (χ3n) is 7.05. The maximum atomic E-state index is 13.7. The Hall–Kier alpha value is -4.04. The maximum Gasteiger partial charge on any atom is 0.329 e. The van der Waals surface area contributed by atoms with E-state index in [2.05, 4.69) is 0 Å². The number of piperidine rings is 1. The second kappa shape index (κ2) is 9.91. The number of hydrogen-bond acceptors (Lipinski definition) is 6. The first-order chi connectivity index (χ1) is 17.4. The molecule has 36 heavy (non-hydrogen) atoms. The minimum atomic E-state index is -0.845. The van der Waals surface area contributed by atoms with E-state index in [-0.39, 0.29) is 18.0 Å². The normalized spacial score (nSPS) is 21.3. The first-order valence-corrected chi connectivity index (χ1v) is 12.1. The Balaban J connectivity index is 1.50. The van der Waals surface area contributed by atoms with E-state index in [1.165, 1.54) is 17.0 Å². The molecular formula is C28H27N3O5. The van der Waals surface area contributed by atoms with Crippen molar-refractivity contribution in [3.05, 3.63) is 111 Å². The molecule has 3 aromatic rings. The number of fused-ring (bicyclic) bond motifs is 3. The van der Waals surface area contributed by atoms with Crippen LogP contribution >= 0.6 is 0 Å². The van der Waals surface area contributed by atoms with Gasteiger partial charge in [-0.15, -0.1) is 0 Å². The molecule has 0 aromatic heterocycles. The Morgan fingerprint density at radius 2 is 1.64 bits per heavy atom. The fraction of sp³-hybridized carbons (Fsp3) is 0.286. The van der Waals surface area contributed by atoms with Crippen LogP contribution in [-0.2, 0) is 20.7 Å². The molecule has 3 unspecified atom stereocenters. The van der Waals surface area contributed by atoms with E-state index in [1.807, 2.05) is 60.7 Å². The van der Waals surface area contributed by atoms with Crippen molar-refractivity contribution in [2.45, 2.75) is 49.9 Å². The van der Waals surface area contributed by atoms with E-state index in [0.29, 0.717) is 24.8 Å². The van der Waals surface area contributed by atoms with Crippen LogP contribution in [0.1, 0.15) is 53.7 Å². The Morgan fingerprint density at radius 1 is 1.00 bits per heavy atom. The zero-order chi connectivity index (χ0) is 25.2. The number of rotatable bonds is 5. The van der Waals surface area contributed by atoms with E-state index in [9.17, 15) is 19.7 Å². The maximum absolute atomic E-state index is 13.7. The molecule has 3 aromatic carbocycles. The molecule has 0 spiro atoms. The van der Waals surface area contributed by atoms with Gasteiger partial charge in [-0.3, -0.25) is 14.9 Å². The number of nitro benzene ring substituents is 1. The standard InChI is InChI=1S/C28H27N3O5/c29-23-16-20-14-15-21(31(34)35)17-22(20)24-12-7-13-25(30(24)27(23)32)28(33)36-26(18-8-3-1-4-9-18)19-10-5-2-6-11-19/h1-6,8-11,14-15,17,23-26H,7,12-13,16,29H2. The van der Waals surface area contributed by atoms with Crippen molar-refractivity contribution in [2.75, 3.05) is 0 Å². The van der Waals surface area contributed by atoms with Crippen molar-refractivity contribution in [3.8, 4) is 0 Å². The number of amides is 1. The largest absolute Gasteiger partial charge is 0.451 e. The van der Waals surface area contributed by atoms with Gasteiger partial charge in [-0.05, 0) is 47.9 Å². The third kappa shape index (κ3) is 4.47. The van der Waals surface area contributed by atoms with Crippen LogP contribution in [-0.4, -0.2) is 33.8 Å². The summed E-state index contributed by atoms with van der Waals surface area (Å²) in [5.41, 5.74) is 9.35. The topological polar surface area (TPSA) is 116 Å². The van der Waals surface area contributed by atoms with E-state index in [4.69, 9.17) is 10.5 Å². The quantitative estimate of drug-likeness (QED) is 0.328. The number of hydrogen-bond donors (Lipinski definition) is 1. The van der Waals surface area contributed by atoms with Gasteiger partial charge in [0.1, 0.15) is 6.04 Å². The number of esters is 1. The van der Waals surface area contributed by atoms with Gasteiger partial charge >= 0.3 is 5.97 Å². The minimum absolute atomic E-state index is 0.0467. The van der Waals surface area contributed by atoms with Crippen LogP contribution < -0.4 is 5.73 Å². The van der Waals surface area contributed by atoms with Gasteiger partial charge in [-0.1, -0.05) is 66.7 Å². The highest BCUT2D eigenvalue weighted by Gasteiger charge is 2.45. The average Bonchev–Trinajstić information content (AvgIpc) is 3.01. The van der Waals surface area contributed by atoms with Crippen molar-refractivity contribution in [1.82, 2.24) is 4.90 Å². The molecule has 1 saturated heterocycles. The van der Waals surface area contributed by atoms with Crippen LogP contribution in [0.25, 0.3) is 0 Å². The second-order valence-electron chi connectivity index (χ2n) is 9.30. The molecule has 0 aliphatic carbocycles. The van der Waals surface area contributed by atoms with Crippen LogP contribution in [0, 0.1) is 10.1 Å². The summed E-state index contributed by atoms with van der Waals surface area (Å²) >= 11 is 0. The lowest BCUT2D eigenvalue weighted by Crippen LogP contribution is -2.54. The molecule has 184 valence electrons. The van der Waals surface area contributed by atoms with Gasteiger partial charge in [0.15, 0.2) is 6.10 Å². The number of carbonyl (C=O) groups is 2. The molecule has 2 aliphatic heterocycles. The molecule has 5 rings (SSSR count). The van der Waals surface area contributed by atoms with Gasteiger partial charge < -0.3 is 15.4 Å². The van der Waals surface area contributed by atoms with Crippen molar-refractivity contribution in [1.29, 1.82) is 0 Å². The van der Waals surface area contributed by atoms with Crippen LogP contribution in [0.15, 0.2) is 78.9 Å². The van der Waals surface area contributed by atoms with Crippen molar-refractivity contribution >= 4 is 17.6 Å². The van der Waals surface area contributed by atoms with E-state index < -0.39 is 35.1 Å². The summed E-state index contributed by atoms with van der Waals surface area (Å²) < 4.78 is 6.10. The summed E-state index contributed by atoms with van der Waals surface area (Å²) in [5.74, 6) is -0.844. The molecule has 0 saturated carbocycles. The molecule has 2 aliphatic rings. The van der Waals surface area contributed by atoms with Crippen LogP contribution in [0.3, 0.4) is 0 Å². The first-order valence-electron chi connectivity index (χ1n) is 12.1. The molecule has 2 N–H and O–H groups in total. The van der Waals surface area contributed by atoms with E-state index in [0.717, 1.165) is 16.7 Å². The fourth-order valence-corrected chi connectivity index (χ4v) is 5.33. The molecule has 8 nitrogen and oxygen atoms in total. The fourth-order valence-electron chi connectivity index (χ4n) is 5.33. The molecule has 8 heteroatoms. The Labute approximate surface area is 208 Å². The van der Waals surface area contributed by atoms with Crippen molar-refractivity contribution < 1.29 is 19.2 Å². The van der Waals surface area contributed by atoms with Crippen LogP contribution in [0.4, 0.5) is 5.69 Å². The smallest absolute Gasteiger partial charge is 0.329 e. The van der Waals surface area contributed by atoms with Gasteiger partial charge in [-0.2, -0.15) is 0 Å². The summed E-state index contributed by atoms with van der Waals surface area (Å²) in [6.07, 6.45) is 1.33. The second-order valence-corrected chi connectivity index (χ2v) is 9.30. The lowest BCUT2D eigenvalue weighted by Gasteiger charge is -2.41. The van der Waals surface area contributed by atoms with E-state index in [1.54, 1.807) is 6.07 Å². The molecular weight excluding hydrogens is 458 g/mol. The molecule has 3 atom stereocenters. The first kappa shape index (κ1) is 23.7. The van der Waals surface area contributed by atoms with Gasteiger partial charge in [0.05, 0.1) is 17.0 Å². The van der Waals surface area contributed by atoms with Gasteiger partial charge in [-0.25, -0.2) is 4.79 Å². The number of carbonyl (C=O) groups excluding carboxylic acids is 2. The van der Waals surface area contributed by atoms with Crippen LogP contribution in [0.2, 0.25) is 0 Å². The highest BCUT2D eigenvalue weighted by Crippen LogP contribution is 2.41. The minimum Gasteiger partial charge on any atom is -0.451 e. The number of benzene rings is 3. The van der Waals surface area contributed by atoms with Gasteiger partial charge in [0, 0.05) is 12.1 Å². The summed E-state index contributed by atoms with van der Waals surface area (Å²) in [7, 11) is 0. The monoisotopic (exact) mass is 485 g/mol. The SMILES string of the molecule is NC1Cc2ccc([N+](=O)[O-])cc2C2CCCC(C(=O)OC(c3ccccc3)c3ccccc3)N2C1=O. The summed E-state index contributed by atoms with van der Waals surface area (Å²) in [6, 6.07) is 21.4. The number of non-ortho nitro benzene ring substituents is 1. The van der Waals surface area contributed by atoms with E-state index >= 15 is 0 Å². The lowest BCUT2D eigenvalue weighted by atomic mass is 9.89. The zero-order valence-electron chi connectivity index (χ0n) is 19.7. The third-order valence-corrected chi connectivity index (χ3v) is 7.05. The highest BCUT2D eigenvalue weighted by molar-refractivity contribution is 5.89. The number of nitrogens with zero attached hydrogens (tertiary/aromatic N) is 2. The number of nitro groups is 1. The molecule has 0 radical (unpaired) electrons. The predicted molar refractivity (Wildman–Crippen MR) is 133 cm³/mol. The molecule has 0 bridgehead atoms. The average molecular weight is 486 g/mol. The Bertz CT molecular complexity index is 1240. The number of ether oxygens (including phenoxy) is 1. The van der Waals surface area contributed by atoms with Crippen molar-refractivity contribution in [2.24, 2.45) is 5.73 Å². The Kier molecular flexibility index (Phi) is 6.52. The molecule has 1 fully saturated rings. The summed E-state index contributed by atoms with van der Waals surface area (Å²) in [4.78, 5) is 39.7. The number of nitrogens with two attached hydrogens (primary N) is 1. The highest BCUT2D eigenvalue weighted by atomic mass is 16.6.